The summed E-state index contributed by atoms with van der Waals surface area (Å²) in [7, 11) is 0. The van der Waals surface area contributed by atoms with E-state index in [2.05, 4.69) is 132 Å². The van der Waals surface area contributed by atoms with E-state index in [-0.39, 0.29) is 0 Å². The fourth-order valence-corrected chi connectivity index (χ4v) is 5.30. The molecule has 7 rings (SSSR count). The Labute approximate surface area is 222 Å². The summed E-state index contributed by atoms with van der Waals surface area (Å²) in [5, 5.41) is 11.8. The van der Waals surface area contributed by atoms with Gasteiger partial charge in [-0.2, -0.15) is 0 Å². The summed E-state index contributed by atoms with van der Waals surface area (Å²) in [4.78, 5) is 0. The lowest BCUT2D eigenvalue weighted by Crippen LogP contribution is -2.00. The van der Waals surface area contributed by atoms with E-state index in [1.807, 2.05) is 30.3 Å². The van der Waals surface area contributed by atoms with Crippen LogP contribution in [0.25, 0.3) is 56.0 Å². The fraction of sp³-hybridized carbons (Fsp3) is 0. The summed E-state index contributed by atoms with van der Waals surface area (Å²) in [6.45, 7) is 0. The third kappa shape index (κ3) is 3.67. The number of halogens is 1. The predicted molar refractivity (Wildman–Crippen MR) is 154 cm³/mol. The van der Waals surface area contributed by atoms with Crippen molar-refractivity contribution < 1.29 is 0 Å². The summed E-state index contributed by atoms with van der Waals surface area (Å²) in [5.41, 5.74) is 6.53. The molecule has 0 aliphatic carbocycles. The standard InChI is InChI=1S/C32H21BrN4/c33-24-18-14-22(15-19-24)31-34-35-32(37(31)25-8-2-1-3-9-25)23-16-20-26(21-17-23)36-29-12-6-4-10-27(29)28-11-5-7-13-30(28)36/h1-21H. The Hall–Kier alpha value is -4.48. The third-order valence-electron chi connectivity index (χ3n) is 6.74. The lowest BCUT2D eigenvalue weighted by molar-refractivity contribution is 1.07. The Kier molecular flexibility index (Phi) is 5.22. The molecule has 7 aromatic rings. The average Bonchev–Trinajstić information content (AvgIpc) is 3.54. The van der Waals surface area contributed by atoms with Crippen LogP contribution < -0.4 is 0 Å². The molecule has 0 atom stereocenters. The van der Waals surface area contributed by atoms with Gasteiger partial charge < -0.3 is 4.57 Å². The van der Waals surface area contributed by atoms with Gasteiger partial charge >= 0.3 is 0 Å². The van der Waals surface area contributed by atoms with E-state index < -0.39 is 0 Å². The van der Waals surface area contributed by atoms with Crippen LogP contribution in [-0.4, -0.2) is 19.3 Å². The smallest absolute Gasteiger partial charge is 0.168 e. The Morgan fingerprint density at radius 3 is 1.46 bits per heavy atom. The van der Waals surface area contributed by atoms with Crippen molar-refractivity contribution in [1.82, 2.24) is 19.3 Å². The Balaban J connectivity index is 1.38. The second kappa shape index (κ2) is 8.87. The molecular weight excluding hydrogens is 520 g/mol. The van der Waals surface area contributed by atoms with Gasteiger partial charge in [0.15, 0.2) is 11.6 Å². The van der Waals surface area contributed by atoms with Crippen molar-refractivity contribution in [2.75, 3.05) is 0 Å². The van der Waals surface area contributed by atoms with Crippen molar-refractivity contribution in [2.24, 2.45) is 0 Å². The van der Waals surface area contributed by atoms with E-state index in [1.165, 1.54) is 21.8 Å². The van der Waals surface area contributed by atoms with E-state index in [0.717, 1.165) is 38.6 Å². The van der Waals surface area contributed by atoms with Gasteiger partial charge in [0.2, 0.25) is 0 Å². The molecule has 2 heterocycles. The molecule has 2 aromatic heterocycles. The molecule has 5 aromatic carbocycles. The minimum Gasteiger partial charge on any atom is -0.309 e. The van der Waals surface area contributed by atoms with Crippen molar-refractivity contribution in [2.45, 2.75) is 0 Å². The highest BCUT2D eigenvalue weighted by atomic mass is 79.9. The number of hydrogen-bond donors (Lipinski definition) is 0. The first-order valence-corrected chi connectivity index (χ1v) is 12.9. The maximum absolute atomic E-state index is 4.65. The highest BCUT2D eigenvalue weighted by Gasteiger charge is 2.18. The maximum atomic E-state index is 4.65. The van der Waals surface area contributed by atoms with E-state index in [9.17, 15) is 0 Å². The molecule has 5 heteroatoms. The topological polar surface area (TPSA) is 35.6 Å². The van der Waals surface area contributed by atoms with E-state index >= 15 is 0 Å². The zero-order valence-electron chi connectivity index (χ0n) is 19.8. The summed E-state index contributed by atoms with van der Waals surface area (Å²) in [5.74, 6) is 1.61. The second-order valence-electron chi connectivity index (χ2n) is 8.94. The SMILES string of the molecule is Brc1ccc(-c2nnc(-c3ccc(-n4c5ccccc5c5ccccc54)cc3)n2-c2ccccc2)cc1. The van der Waals surface area contributed by atoms with Crippen LogP contribution in [0.3, 0.4) is 0 Å². The van der Waals surface area contributed by atoms with E-state index in [1.54, 1.807) is 0 Å². The number of rotatable bonds is 4. The molecule has 0 N–H and O–H groups in total. The lowest BCUT2D eigenvalue weighted by Gasteiger charge is -2.12. The van der Waals surface area contributed by atoms with E-state index in [0.29, 0.717) is 0 Å². The van der Waals surface area contributed by atoms with Gasteiger partial charge in [0, 0.05) is 37.7 Å². The molecule has 37 heavy (non-hydrogen) atoms. The molecular formula is C32H21BrN4. The number of aromatic nitrogens is 4. The first-order valence-electron chi connectivity index (χ1n) is 12.1. The molecule has 176 valence electrons. The van der Waals surface area contributed by atoms with Gasteiger partial charge in [-0.25, -0.2) is 0 Å². The predicted octanol–water partition coefficient (Wildman–Crippen LogP) is 8.46. The number of benzene rings is 5. The van der Waals surface area contributed by atoms with Crippen molar-refractivity contribution >= 4 is 37.7 Å². The van der Waals surface area contributed by atoms with Gasteiger partial charge in [-0.1, -0.05) is 82.7 Å². The van der Waals surface area contributed by atoms with E-state index in [4.69, 9.17) is 0 Å². The molecule has 0 bridgehead atoms. The van der Waals surface area contributed by atoms with Crippen LogP contribution >= 0.6 is 15.9 Å². The molecule has 0 aliphatic heterocycles. The molecule has 0 spiro atoms. The van der Waals surface area contributed by atoms with Gasteiger partial charge in [-0.05, 0) is 60.7 Å². The molecule has 0 amide bonds. The van der Waals surface area contributed by atoms with Gasteiger partial charge in [0.25, 0.3) is 0 Å². The van der Waals surface area contributed by atoms with Crippen LogP contribution in [0.5, 0.6) is 0 Å². The monoisotopic (exact) mass is 540 g/mol. The first kappa shape index (κ1) is 21.8. The minimum atomic E-state index is 0.804. The van der Waals surface area contributed by atoms with Crippen LogP contribution in [0.15, 0.2) is 132 Å². The van der Waals surface area contributed by atoms with Crippen LogP contribution in [0, 0.1) is 0 Å². The summed E-state index contributed by atoms with van der Waals surface area (Å²) < 4.78 is 5.48. The fourth-order valence-electron chi connectivity index (χ4n) is 5.04. The summed E-state index contributed by atoms with van der Waals surface area (Å²) >= 11 is 3.53. The van der Waals surface area contributed by atoms with Crippen molar-refractivity contribution in [1.29, 1.82) is 0 Å². The minimum absolute atomic E-state index is 0.804. The van der Waals surface area contributed by atoms with Gasteiger partial charge in [0.05, 0.1) is 11.0 Å². The largest absolute Gasteiger partial charge is 0.309 e. The van der Waals surface area contributed by atoms with Crippen LogP contribution in [-0.2, 0) is 0 Å². The zero-order chi connectivity index (χ0) is 24.8. The number of nitrogens with zero attached hydrogens (tertiary/aromatic N) is 4. The number of fused-ring (bicyclic) bond motifs is 3. The molecule has 0 saturated heterocycles. The van der Waals surface area contributed by atoms with Crippen molar-refractivity contribution in [3.8, 4) is 34.2 Å². The normalized spacial score (nSPS) is 11.4. The molecule has 0 fully saturated rings. The van der Waals surface area contributed by atoms with Crippen LogP contribution in [0.4, 0.5) is 0 Å². The van der Waals surface area contributed by atoms with Crippen LogP contribution in [0.1, 0.15) is 0 Å². The van der Waals surface area contributed by atoms with Crippen molar-refractivity contribution in [3.05, 3.63) is 132 Å². The third-order valence-corrected chi connectivity index (χ3v) is 7.27. The lowest BCUT2D eigenvalue weighted by atomic mass is 10.1. The second-order valence-corrected chi connectivity index (χ2v) is 9.86. The zero-order valence-corrected chi connectivity index (χ0v) is 21.4. The molecule has 4 nitrogen and oxygen atoms in total. The van der Waals surface area contributed by atoms with Crippen LogP contribution in [0.2, 0.25) is 0 Å². The first-order chi connectivity index (χ1) is 18.3. The quantitative estimate of drug-likeness (QED) is 0.224. The Morgan fingerprint density at radius 2 is 0.892 bits per heavy atom. The maximum Gasteiger partial charge on any atom is 0.168 e. The Bertz CT molecular complexity index is 1810. The Morgan fingerprint density at radius 1 is 0.432 bits per heavy atom. The summed E-state index contributed by atoms with van der Waals surface area (Å²) in [6.07, 6.45) is 0. The van der Waals surface area contributed by atoms with Gasteiger partial charge in [0.1, 0.15) is 0 Å². The summed E-state index contributed by atoms with van der Waals surface area (Å²) in [6, 6.07) is 44.2. The van der Waals surface area contributed by atoms with Crippen molar-refractivity contribution in [3.63, 3.8) is 0 Å². The number of hydrogen-bond acceptors (Lipinski definition) is 2. The van der Waals surface area contributed by atoms with Gasteiger partial charge in [-0.3, -0.25) is 4.57 Å². The molecule has 0 unspecified atom stereocenters. The highest BCUT2D eigenvalue weighted by molar-refractivity contribution is 9.10. The number of para-hydroxylation sites is 3. The molecule has 0 saturated carbocycles. The average molecular weight is 541 g/mol. The molecule has 0 aliphatic rings. The van der Waals surface area contributed by atoms with Gasteiger partial charge in [-0.15, -0.1) is 10.2 Å². The molecule has 0 radical (unpaired) electrons. The highest BCUT2D eigenvalue weighted by Crippen LogP contribution is 2.33.